The Balaban J connectivity index is 1.25. The molecule has 1 fully saturated rings. The Morgan fingerprint density at radius 2 is 1.91 bits per heavy atom. The third-order valence-corrected chi connectivity index (χ3v) is 7.71. The van der Waals surface area contributed by atoms with Crippen LogP contribution in [-0.2, 0) is 30.5 Å². The highest BCUT2D eigenvalue weighted by molar-refractivity contribution is 7.05. The van der Waals surface area contributed by atoms with Gasteiger partial charge in [-0.25, -0.2) is 23.5 Å². The number of carboxylic acids is 1. The lowest BCUT2D eigenvalue weighted by Gasteiger charge is -2.27. The van der Waals surface area contributed by atoms with E-state index >= 15 is 8.78 Å². The molecule has 0 amide bonds. The number of hydrogen-bond acceptors (Lipinski definition) is 7. The predicted molar refractivity (Wildman–Crippen MR) is 145 cm³/mol. The number of alkyl halides is 3. The molecule has 6 rings (SSSR count). The molecule has 0 spiro atoms. The normalized spacial score (nSPS) is 15.0. The quantitative estimate of drug-likeness (QED) is 0.189. The zero-order valence-electron chi connectivity index (χ0n) is 22.1. The van der Waals surface area contributed by atoms with Crippen molar-refractivity contribution in [3.8, 4) is 17.1 Å². The van der Waals surface area contributed by atoms with Gasteiger partial charge in [-0.3, -0.25) is 0 Å². The molecule has 2 aromatic carbocycles. The number of carboxylic acid groups (broad SMARTS) is 1. The van der Waals surface area contributed by atoms with Crippen LogP contribution in [0.5, 0.6) is 5.88 Å². The van der Waals surface area contributed by atoms with E-state index in [2.05, 4.69) is 14.3 Å². The number of nitrogens with zero attached hydrogens (tertiary/aromatic N) is 4. The molecule has 5 aromatic rings. The minimum Gasteiger partial charge on any atom is -0.478 e. The molecule has 14 heteroatoms. The van der Waals surface area contributed by atoms with Crippen molar-refractivity contribution in [2.75, 3.05) is 6.61 Å². The average molecular weight is 617 g/mol. The summed E-state index contributed by atoms with van der Waals surface area (Å²) in [5, 5.41) is 9.43. The van der Waals surface area contributed by atoms with E-state index in [4.69, 9.17) is 9.47 Å². The summed E-state index contributed by atoms with van der Waals surface area (Å²) in [6, 6.07) is 11.9. The lowest BCUT2D eigenvalue weighted by molar-refractivity contribution is -0.140. The van der Waals surface area contributed by atoms with Gasteiger partial charge in [0.1, 0.15) is 24.1 Å². The Hall–Kier alpha value is -4.43. The maximum absolute atomic E-state index is 15.4. The Morgan fingerprint density at radius 3 is 2.60 bits per heavy atom. The highest BCUT2D eigenvalue weighted by Crippen LogP contribution is 2.31. The van der Waals surface area contributed by atoms with Crippen molar-refractivity contribution >= 4 is 28.5 Å². The molecule has 0 radical (unpaired) electrons. The SMILES string of the molecule is O=C(O)c1ccc2nc(Cc3cc(F)c(-c4cccc(OCc5cc(C(F)(F)F)ns5)n4)cc3F)n(C[C@@H]3CCO3)c2c1. The number of halogens is 5. The number of hydrogen-bond donors (Lipinski definition) is 1. The number of rotatable bonds is 9. The molecule has 1 aliphatic rings. The molecule has 0 aliphatic carbocycles. The molecule has 0 bridgehead atoms. The van der Waals surface area contributed by atoms with Crippen LogP contribution in [0.15, 0.2) is 54.6 Å². The molecular weight excluding hydrogens is 595 g/mol. The summed E-state index contributed by atoms with van der Waals surface area (Å²) < 4.78 is 85.3. The van der Waals surface area contributed by atoms with Gasteiger partial charge in [0, 0.05) is 24.7 Å². The van der Waals surface area contributed by atoms with Gasteiger partial charge in [0.2, 0.25) is 5.88 Å². The highest BCUT2D eigenvalue weighted by atomic mass is 32.1. The second kappa shape index (κ2) is 11.3. The summed E-state index contributed by atoms with van der Waals surface area (Å²) in [5.41, 5.74) is 0.0923. The molecule has 222 valence electrons. The van der Waals surface area contributed by atoms with Crippen molar-refractivity contribution in [3.05, 3.63) is 93.8 Å². The standard InChI is InChI=1S/C29H21F5N4O4S/c30-20-12-19(22-2-1-3-27(36-22)42-14-18-11-25(37-43-18)29(32,33)34)21(31)8-16(20)10-26-35-23-5-4-15(28(39)40)9-24(23)38(26)13-17-6-7-41-17/h1-5,8-9,11-12,17H,6-7,10,13-14H2,(H,39,40)/t17-/m0/s1. The number of fused-ring (bicyclic) bond motifs is 1. The first kappa shape index (κ1) is 28.7. The molecule has 1 aliphatic heterocycles. The first-order valence-corrected chi connectivity index (χ1v) is 13.8. The van der Waals surface area contributed by atoms with Gasteiger partial charge in [0.15, 0.2) is 5.69 Å². The topological polar surface area (TPSA) is 99.4 Å². The van der Waals surface area contributed by atoms with Crippen molar-refractivity contribution < 1.29 is 41.3 Å². The Labute approximate surface area is 244 Å². The Morgan fingerprint density at radius 1 is 1.09 bits per heavy atom. The third kappa shape index (κ3) is 6.06. The summed E-state index contributed by atoms with van der Waals surface area (Å²) >= 11 is 0.642. The van der Waals surface area contributed by atoms with Gasteiger partial charge in [-0.05, 0) is 66.0 Å². The molecule has 43 heavy (non-hydrogen) atoms. The second-order valence-corrected chi connectivity index (χ2v) is 10.7. The van der Waals surface area contributed by atoms with E-state index in [-0.39, 0.29) is 52.3 Å². The summed E-state index contributed by atoms with van der Waals surface area (Å²) in [4.78, 5) is 20.5. The Kier molecular flexibility index (Phi) is 7.56. The summed E-state index contributed by atoms with van der Waals surface area (Å²) in [6.45, 7) is 0.756. The number of carbonyl (C=O) groups is 1. The molecular formula is C29H21F5N4O4S. The van der Waals surface area contributed by atoms with Crippen molar-refractivity contribution in [3.63, 3.8) is 0 Å². The number of pyridine rings is 1. The molecule has 8 nitrogen and oxygen atoms in total. The fraction of sp³-hybridized carbons (Fsp3) is 0.241. The largest absolute Gasteiger partial charge is 0.478 e. The molecule has 1 N–H and O–H groups in total. The molecule has 1 saturated heterocycles. The van der Waals surface area contributed by atoms with E-state index in [1.165, 1.54) is 30.3 Å². The minimum absolute atomic E-state index is 0.0102. The van der Waals surface area contributed by atoms with Gasteiger partial charge < -0.3 is 19.1 Å². The van der Waals surface area contributed by atoms with Crippen molar-refractivity contribution in [2.24, 2.45) is 0 Å². The fourth-order valence-corrected chi connectivity index (χ4v) is 5.32. The van der Waals surface area contributed by atoms with E-state index < -0.39 is 29.5 Å². The predicted octanol–water partition coefficient (Wildman–Crippen LogP) is 6.51. The van der Waals surface area contributed by atoms with Crippen LogP contribution in [0.4, 0.5) is 22.0 Å². The zero-order valence-corrected chi connectivity index (χ0v) is 22.9. The molecule has 4 heterocycles. The van der Waals surface area contributed by atoms with Crippen LogP contribution in [0.3, 0.4) is 0 Å². The summed E-state index contributed by atoms with van der Waals surface area (Å²) in [5.74, 6) is -2.13. The van der Waals surface area contributed by atoms with Gasteiger partial charge in [-0.1, -0.05) is 6.07 Å². The second-order valence-electron chi connectivity index (χ2n) is 9.85. The summed E-state index contributed by atoms with van der Waals surface area (Å²) in [7, 11) is 0. The Bertz CT molecular complexity index is 1830. The van der Waals surface area contributed by atoms with E-state index in [0.717, 1.165) is 24.6 Å². The number of aromatic nitrogens is 4. The van der Waals surface area contributed by atoms with Crippen LogP contribution in [0.1, 0.15) is 38.7 Å². The van der Waals surface area contributed by atoms with Gasteiger partial charge in [-0.15, -0.1) is 0 Å². The van der Waals surface area contributed by atoms with Crippen LogP contribution in [0.2, 0.25) is 0 Å². The van der Waals surface area contributed by atoms with Crippen LogP contribution < -0.4 is 4.74 Å². The van der Waals surface area contributed by atoms with E-state index in [1.807, 2.05) is 0 Å². The maximum Gasteiger partial charge on any atom is 0.434 e. The summed E-state index contributed by atoms with van der Waals surface area (Å²) in [6.07, 6.45) is -3.93. The highest BCUT2D eigenvalue weighted by Gasteiger charge is 2.34. The average Bonchev–Trinajstić information content (AvgIpc) is 3.56. The lowest BCUT2D eigenvalue weighted by Crippen LogP contribution is -2.31. The van der Waals surface area contributed by atoms with Crippen LogP contribution in [0.25, 0.3) is 22.3 Å². The van der Waals surface area contributed by atoms with Crippen molar-refractivity contribution in [1.82, 2.24) is 18.9 Å². The van der Waals surface area contributed by atoms with Crippen LogP contribution >= 0.6 is 11.5 Å². The monoisotopic (exact) mass is 616 g/mol. The third-order valence-electron chi connectivity index (χ3n) is 6.95. The van der Waals surface area contributed by atoms with E-state index in [9.17, 15) is 23.1 Å². The number of aromatic carboxylic acids is 1. The maximum atomic E-state index is 15.4. The van der Waals surface area contributed by atoms with Crippen molar-refractivity contribution in [1.29, 1.82) is 0 Å². The number of benzene rings is 2. The van der Waals surface area contributed by atoms with Crippen LogP contribution in [0, 0.1) is 11.6 Å². The van der Waals surface area contributed by atoms with E-state index in [0.29, 0.717) is 41.5 Å². The zero-order chi connectivity index (χ0) is 30.3. The lowest BCUT2D eigenvalue weighted by atomic mass is 10.0. The minimum atomic E-state index is -4.57. The smallest absolute Gasteiger partial charge is 0.434 e. The molecule has 1 atom stereocenters. The van der Waals surface area contributed by atoms with Gasteiger partial charge >= 0.3 is 12.1 Å². The fourth-order valence-electron chi connectivity index (χ4n) is 4.67. The van der Waals surface area contributed by atoms with Gasteiger partial charge in [-0.2, -0.15) is 17.5 Å². The van der Waals surface area contributed by atoms with Crippen molar-refractivity contribution in [2.45, 2.75) is 38.3 Å². The first-order chi connectivity index (χ1) is 20.5. The molecule has 0 saturated carbocycles. The van der Waals surface area contributed by atoms with Crippen LogP contribution in [-0.4, -0.2) is 42.7 Å². The van der Waals surface area contributed by atoms with E-state index in [1.54, 1.807) is 10.6 Å². The van der Waals surface area contributed by atoms with Gasteiger partial charge in [0.25, 0.3) is 0 Å². The first-order valence-electron chi connectivity index (χ1n) is 13.0. The number of imidazole rings is 1. The molecule has 0 unspecified atom stereocenters. The molecule has 3 aromatic heterocycles. The number of ether oxygens (including phenoxy) is 2. The van der Waals surface area contributed by atoms with Gasteiger partial charge in [0.05, 0.1) is 39.8 Å².